The van der Waals surface area contributed by atoms with Crippen LogP contribution < -0.4 is 10.1 Å². The highest BCUT2D eigenvalue weighted by molar-refractivity contribution is 6.45. The second kappa shape index (κ2) is 10.3. The zero-order valence-electron chi connectivity index (χ0n) is 13.5. The van der Waals surface area contributed by atoms with Gasteiger partial charge < -0.3 is 15.2 Å². The zero-order chi connectivity index (χ0) is 18.1. The molecule has 7 heteroatoms. The Morgan fingerprint density at radius 2 is 1.96 bits per heavy atom. The van der Waals surface area contributed by atoms with E-state index in [-0.39, 0.29) is 46.3 Å². The molecule has 0 heterocycles. The van der Waals surface area contributed by atoms with E-state index in [1.807, 2.05) is 6.92 Å². The van der Waals surface area contributed by atoms with Crippen LogP contribution in [-0.2, 0) is 4.79 Å². The van der Waals surface area contributed by atoms with Gasteiger partial charge in [0.1, 0.15) is 10.8 Å². The van der Waals surface area contributed by atoms with Gasteiger partial charge in [-0.1, -0.05) is 36.7 Å². The van der Waals surface area contributed by atoms with Gasteiger partial charge in [-0.3, -0.25) is 9.59 Å². The Hall–Kier alpha value is -1.56. The summed E-state index contributed by atoms with van der Waals surface area (Å²) in [7, 11) is 0. The summed E-state index contributed by atoms with van der Waals surface area (Å²) in [5.74, 6) is -0.344. The molecule has 1 amide bonds. The molecule has 5 nitrogen and oxygen atoms in total. The van der Waals surface area contributed by atoms with Gasteiger partial charge in [-0.25, -0.2) is 0 Å². The fraction of sp³-hybridized carbons (Fsp3) is 0.412. The molecule has 0 spiro atoms. The molecule has 2 N–H and O–H groups in total. The monoisotopic (exact) mass is 373 g/mol. The quantitative estimate of drug-likeness (QED) is 0.374. The maximum atomic E-state index is 12.1. The van der Waals surface area contributed by atoms with Crippen molar-refractivity contribution in [2.75, 3.05) is 19.8 Å². The van der Waals surface area contributed by atoms with Gasteiger partial charge in [0.25, 0.3) is 5.91 Å². The minimum absolute atomic E-state index is 0.0807. The SMILES string of the molecule is C=C(CC)C(=O)c1ccc(OCC(=O)NCCCCO)c(Cl)c1Cl. The second-order valence-corrected chi connectivity index (χ2v) is 5.85. The highest BCUT2D eigenvalue weighted by Gasteiger charge is 2.18. The van der Waals surface area contributed by atoms with Crippen LogP contribution in [0.25, 0.3) is 0 Å². The number of nitrogens with one attached hydrogen (secondary N) is 1. The number of aliphatic hydroxyl groups excluding tert-OH is 1. The Morgan fingerprint density at radius 3 is 2.58 bits per heavy atom. The van der Waals surface area contributed by atoms with Crippen LogP contribution in [0.3, 0.4) is 0 Å². The molecule has 24 heavy (non-hydrogen) atoms. The molecule has 0 aliphatic rings. The molecule has 0 bridgehead atoms. The zero-order valence-corrected chi connectivity index (χ0v) is 15.0. The van der Waals surface area contributed by atoms with Crippen molar-refractivity contribution in [3.05, 3.63) is 39.9 Å². The van der Waals surface area contributed by atoms with Crippen molar-refractivity contribution in [1.29, 1.82) is 0 Å². The molecular formula is C17H21Cl2NO4. The number of unbranched alkanes of at least 4 members (excludes halogenated alkanes) is 1. The molecule has 0 aliphatic carbocycles. The van der Waals surface area contributed by atoms with Gasteiger partial charge in [0.15, 0.2) is 12.4 Å². The van der Waals surface area contributed by atoms with E-state index in [0.29, 0.717) is 31.4 Å². The summed E-state index contributed by atoms with van der Waals surface area (Å²) in [5.41, 5.74) is 0.693. The number of ketones is 1. The first-order valence-electron chi connectivity index (χ1n) is 7.63. The van der Waals surface area contributed by atoms with E-state index in [1.54, 1.807) is 0 Å². The van der Waals surface area contributed by atoms with E-state index in [4.69, 9.17) is 33.0 Å². The number of Topliss-reactive ketones (excluding diaryl/α,β-unsaturated/α-hetero) is 1. The van der Waals surface area contributed by atoms with Crippen molar-refractivity contribution in [2.45, 2.75) is 26.2 Å². The van der Waals surface area contributed by atoms with E-state index in [0.717, 1.165) is 0 Å². The van der Waals surface area contributed by atoms with Gasteiger partial charge in [0.05, 0.1) is 5.02 Å². The first-order chi connectivity index (χ1) is 11.4. The van der Waals surface area contributed by atoms with Gasteiger partial charge >= 0.3 is 0 Å². The normalized spacial score (nSPS) is 10.3. The van der Waals surface area contributed by atoms with Crippen LogP contribution in [0.4, 0.5) is 0 Å². The number of hydrogen-bond acceptors (Lipinski definition) is 4. The number of carbonyl (C=O) groups excluding carboxylic acids is 2. The van der Waals surface area contributed by atoms with Crippen LogP contribution in [0.2, 0.25) is 10.0 Å². The second-order valence-electron chi connectivity index (χ2n) is 5.09. The van der Waals surface area contributed by atoms with Crippen molar-refractivity contribution in [3.8, 4) is 5.75 Å². The Kier molecular flexibility index (Phi) is 8.82. The summed E-state index contributed by atoms with van der Waals surface area (Å²) in [6.45, 7) is 5.86. The van der Waals surface area contributed by atoms with Crippen molar-refractivity contribution in [3.63, 3.8) is 0 Å². The lowest BCUT2D eigenvalue weighted by Gasteiger charge is -2.12. The van der Waals surface area contributed by atoms with Crippen LogP contribution >= 0.6 is 23.2 Å². The van der Waals surface area contributed by atoms with Gasteiger partial charge in [-0.05, 0) is 37.0 Å². The van der Waals surface area contributed by atoms with Crippen LogP contribution in [0, 0.1) is 0 Å². The van der Waals surface area contributed by atoms with Gasteiger partial charge in [0, 0.05) is 18.7 Å². The molecule has 132 valence electrons. The summed E-state index contributed by atoms with van der Waals surface area (Å²) in [6.07, 6.45) is 1.83. The lowest BCUT2D eigenvalue weighted by atomic mass is 10.0. The van der Waals surface area contributed by atoms with E-state index in [1.165, 1.54) is 12.1 Å². The molecule has 0 unspecified atom stereocenters. The number of halogens is 2. The van der Waals surface area contributed by atoms with E-state index < -0.39 is 0 Å². The Balaban J connectivity index is 2.68. The third kappa shape index (κ3) is 5.82. The smallest absolute Gasteiger partial charge is 0.257 e. The molecule has 0 radical (unpaired) electrons. The number of benzene rings is 1. The van der Waals surface area contributed by atoms with Gasteiger partial charge in [0.2, 0.25) is 0 Å². The number of aliphatic hydroxyl groups is 1. The molecule has 0 aliphatic heterocycles. The highest BCUT2D eigenvalue weighted by Crippen LogP contribution is 2.35. The van der Waals surface area contributed by atoms with Gasteiger partial charge in [-0.15, -0.1) is 0 Å². The van der Waals surface area contributed by atoms with Gasteiger partial charge in [-0.2, -0.15) is 0 Å². The molecule has 1 aromatic carbocycles. The van der Waals surface area contributed by atoms with Crippen molar-refractivity contribution in [1.82, 2.24) is 5.32 Å². The van der Waals surface area contributed by atoms with Crippen LogP contribution in [0.15, 0.2) is 24.3 Å². The summed E-state index contributed by atoms with van der Waals surface area (Å²) in [6, 6.07) is 3.01. The molecular weight excluding hydrogens is 353 g/mol. The molecule has 0 aromatic heterocycles. The Morgan fingerprint density at radius 1 is 1.25 bits per heavy atom. The minimum Gasteiger partial charge on any atom is -0.482 e. The molecule has 1 rings (SSSR count). The highest BCUT2D eigenvalue weighted by atomic mass is 35.5. The minimum atomic E-state index is -0.306. The maximum absolute atomic E-state index is 12.1. The van der Waals surface area contributed by atoms with E-state index in [9.17, 15) is 9.59 Å². The lowest BCUT2D eigenvalue weighted by Crippen LogP contribution is -2.29. The number of allylic oxidation sites excluding steroid dienone is 1. The van der Waals surface area contributed by atoms with Crippen LogP contribution in [-0.4, -0.2) is 36.6 Å². The molecule has 0 fully saturated rings. The fourth-order valence-electron chi connectivity index (χ4n) is 1.83. The van der Waals surface area contributed by atoms with E-state index >= 15 is 0 Å². The van der Waals surface area contributed by atoms with Crippen molar-refractivity contribution < 1.29 is 19.4 Å². The molecule has 0 saturated carbocycles. The average molecular weight is 374 g/mol. The maximum Gasteiger partial charge on any atom is 0.257 e. The van der Waals surface area contributed by atoms with Crippen LogP contribution in [0.1, 0.15) is 36.5 Å². The van der Waals surface area contributed by atoms with Crippen molar-refractivity contribution >= 4 is 34.9 Å². The Labute approximate surface area is 151 Å². The number of hydrogen-bond donors (Lipinski definition) is 2. The standard InChI is InChI=1S/C17H21Cl2NO4/c1-3-11(2)17(23)12-6-7-13(16(19)15(12)18)24-10-14(22)20-8-4-5-9-21/h6-7,21H,2-5,8-10H2,1H3,(H,20,22). The fourth-order valence-corrected chi connectivity index (χ4v) is 2.29. The number of ether oxygens (including phenoxy) is 1. The molecule has 1 aromatic rings. The average Bonchev–Trinajstić information content (AvgIpc) is 2.58. The largest absolute Gasteiger partial charge is 0.482 e. The Bertz CT molecular complexity index is 617. The molecule has 0 saturated heterocycles. The summed E-state index contributed by atoms with van der Waals surface area (Å²) >= 11 is 12.3. The summed E-state index contributed by atoms with van der Waals surface area (Å²) in [4.78, 5) is 23.8. The van der Waals surface area contributed by atoms with E-state index in [2.05, 4.69) is 11.9 Å². The first kappa shape index (κ1) is 20.5. The summed E-state index contributed by atoms with van der Waals surface area (Å²) in [5, 5.41) is 11.5. The lowest BCUT2D eigenvalue weighted by molar-refractivity contribution is -0.123. The third-order valence-electron chi connectivity index (χ3n) is 3.31. The van der Waals surface area contributed by atoms with Crippen molar-refractivity contribution in [2.24, 2.45) is 0 Å². The first-order valence-corrected chi connectivity index (χ1v) is 8.38. The van der Waals surface area contributed by atoms with Crippen LogP contribution in [0.5, 0.6) is 5.75 Å². The predicted octanol–water partition coefficient (Wildman–Crippen LogP) is 3.41. The predicted molar refractivity (Wildman–Crippen MR) is 95.0 cm³/mol. The number of rotatable bonds is 10. The molecule has 0 atom stereocenters. The topological polar surface area (TPSA) is 75.6 Å². The number of amides is 1. The number of carbonyl (C=O) groups is 2. The third-order valence-corrected chi connectivity index (χ3v) is 4.17. The summed E-state index contributed by atoms with van der Waals surface area (Å²) < 4.78 is 5.35.